The van der Waals surface area contributed by atoms with Crippen LogP contribution in [0, 0.1) is 0 Å². The lowest BCUT2D eigenvalue weighted by Gasteiger charge is -2.10. The van der Waals surface area contributed by atoms with Crippen molar-refractivity contribution in [1.29, 1.82) is 0 Å². The molecule has 32 heavy (non-hydrogen) atoms. The number of rotatable bonds is 4. The van der Waals surface area contributed by atoms with Gasteiger partial charge in [-0.2, -0.15) is 16.8 Å². The lowest BCUT2D eigenvalue weighted by Crippen LogP contribution is -1.99. The average molecular weight is 491 g/mol. The molecule has 4 aromatic carbocycles. The van der Waals surface area contributed by atoms with E-state index in [0.29, 0.717) is 10.8 Å². The second kappa shape index (κ2) is 7.83. The number of hydrogen-bond donors (Lipinski definition) is 4. The lowest BCUT2D eigenvalue weighted by atomic mass is 10.1. The van der Waals surface area contributed by atoms with Gasteiger partial charge in [-0.25, -0.2) is 0 Å². The van der Waals surface area contributed by atoms with Gasteiger partial charge in [-0.3, -0.25) is 9.11 Å². The number of azo groups is 1. The molecule has 4 rings (SSSR count). The summed E-state index contributed by atoms with van der Waals surface area (Å²) in [7, 11) is -9.18. The summed E-state index contributed by atoms with van der Waals surface area (Å²) >= 11 is 4.14. The topological polar surface area (TPSA) is 154 Å². The standard InChI is InChI=1S/C20H14N2O7S3/c23-16-7-5-11-9-12(30)10-18(32(27,28)29)19(11)20(16)22-21-15-6-8-17(31(24,25)26)14-4-2-1-3-13(14)15/h1-10,23,30H,(H,24,25,26)(H,27,28,29). The Bertz CT molecular complexity index is 1650. The van der Waals surface area contributed by atoms with Gasteiger partial charge in [0.25, 0.3) is 20.2 Å². The molecule has 0 fully saturated rings. The van der Waals surface area contributed by atoms with Crippen LogP contribution in [-0.4, -0.2) is 31.0 Å². The molecule has 0 heterocycles. The number of hydrogen-bond acceptors (Lipinski definition) is 8. The number of phenolic OH excluding ortho intramolecular Hbond substituents is 1. The van der Waals surface area contributed by atoms with Crippen LogP contribution in [0.3, 0.4) is 0 Å². The molecule has 0 saturated carbocycles. The van der Waals surface area contributed by atoms with E-state index in [2.05, 4.69) is 22.9 Å². The van der Waals surface area contributed by atoms with Gasteiger partial charge in [0, 0.05) is 21.1 Å². The lowest BCUT2D eigenvalue weighted by molar-refractivity contribution is 0.476. The van der Waals surface area contributed by atoms with E-state index in [1.807, 2.05) is 0 Å². The summed E-state index contributed by atoms with van der Waals surface area (Å²) in [5, 5.41) is 19.3. The van der Waals surface area contributed by atoms with Gasteiger partial charge in [0.05, 0.1) is 5.69 Å². The van der Waals surface area contributed by atoms with Crippen LogP contribution in [-0.2, 0) is 20.2 Å². The molecule has 3 N–H and O–H groups in total. The maximum atomic E-state index is 11.9. The van der Waals surface area contributed by atoms with Crippen molar-refractivity contribution in [2.45, 2.75) is 14.7 Å². The van der Waals surface area contributed by atoms with Crippen LogP contribution in [0.4, 0.5) is 11.4 Å². The monoisotopic (exact) mass is 490 g/mol. The molecular formula is C20H14N2O7S3. The molecule has 0 aromatic heterocycles. The van der Waals surface area contributed by atoms with Crippen LogP contribution in [0.15, 0.2) is 85.6 Å². The smallest absolute Gasteiger partial charge is 0.295 e. The summed E-state index contributed by atoms with van der Waals surface area (Å²) in [5.41, 5.74) is -0.0185. The number of fused-ring (bicyclic) bond motifs is 2. The van der Waals surface area contributed by atoms with E-state index in [4.69, 9.17) is 0 Å². The molecular weight excluding hydrogens is 476 g/mol. The van der Waals surface area contributed by atoms with Crippen molar-refractivity contribution in [2.24, 2.45) is 10.2 Å². The molecule has 0 atom stereocenters. The zero-order valence-electron chi connectivity index (χ0n) is 15.9. The van der Waals surface area contributed by atoms with E-state index in [9.17, 15) is 31.0 Å². The molecule has 0 radical (unpaired) electrons. The second-order valence-corrected chi connectivity index (χ2v) is 10.1. The van der Waals surface area contributed by atoms with Gasteiger partial charge >= 0.3 is 0 Å². The summed E-state index contributed by atoms with van der Waals surface area (Å²) in [6, 6.07) is 14.1. The van der Waals surface area contributed by atoms with Crippen molar-refractivity contribution in [2.75, 3.05) is 0 Å². The minimum atomic E-state index is -4.69. The zero-order chi connectivity index (χ0) is 23.3. The first kappa shape index (κ1) is 22.2. The number of nitrogens with zero attached hydrogens (tertiary/aromatic N) is 2. The van der Waals surface area contributed by atoms with Crippen molar-refractivity contribution < 1.29 is 31.0 Å². The van der Waals surface area contributed by atoms with E-state index < -0.39 is 30.9 Å². The van der Waals surface area contributed by atoms with Crippen LogP contribution in [0.1, 0.15) is 0 Å². The van der Waals surface area contributed by atoms with E-state index in [1.54, 1.807) is 18.2 Å². The van der Waals surface area contributed by atoms with Gasteiger partial charge in [0.1, 0.15) is 21.2 Å². The van der Waals surface area contributed by atoms with Crippen LogP contribution in [0.2, 0.25) is 0 Å². The minimum Gasteiger partial charge on any atom is -0.506 e. The molecule has 12 heteroatoms. The number of aromatic hydroxyl groups is 1. The molecule has 4 aromatic rings. The van der Waals surface area contributed by atoms with Gasteiger partial charge in [-0.15, -0.1) is 22.9 Å². The van der Waals surface area contributed by atoms with E-state index in [-0.39, 0.29) is 31.9 Å². The fraction of sp³-hybridized carbons (Fsp3) is 0. The molecule has 164 valence electrons. The quantitative estimate of drug-likeness (QED) is 0.180. The molecule has 0 spiro atoms. The third-order valence-electron chi connectivity index (χ3n) is 4.69. The van der Waals surface area contributed by atoms with E-state index in [0.717, 1.165) is 12.1 Å². The summed E-state index contributed by atoms with van der Waals surface area (Å²) < 4.78 is 66.3. The van der Waals surface area contributed by atoms with Crippen LogP contribution in [0.25, 0.3) is 21.5 Å². The Morgan fingerprint density at radius 1 is 0.750 bits per heavy atom. The summed E-state index contributed by atoms with van der Waals surface area (Å²) in [4.78, 5) is -0.544. The average Bonchev–Trinajstić information content (AvgIpc) is 2.71. The second-order valence-electron chi connectivity index (χ2n) is 6.75. The third-order valence-corrected chi connectivity index (χ3v) is 6.74. The predicted octanol–water partition coefficient (Wildman–Crippen LogP) is 4.90. The first-order valence-corrected chi connectivity index (χ1v) is 12.2. The van der Waals surface area contributed by atoms with Gasteiger partial charge in [0.15, 0.2) is 0 Å². The molecule has 0 aliphatic rings. The summed E-state index contributed by atoms with van der Waals surface area (Å²) in [6.45, 7) is 0. The Labute approximate surface area is 188 Å². The fourth-order valence-corrected chi connectivity index (χ4v) is 5.16. The van der Waals surface area contributed by atoms with Gasteiger partial charge in [-0.1, -0.05) is 30.3 Å². The fourth-order valence-electron chi connectivity index (χ4n) is 3.36. The van der Waals surface area contributed by atoms with Gasteiger partial charge < -0.3 is 5.11 Å². The first-order chi connectivity index (χ1) is 15.0. The molecule has 0 bridgehead atoms. The molecule has 0 aliphatic carbocycles. The van der Waals surface area contributed by atoms with E-state index >= 15 is 0 Å². The molecule has 0 amide bonds. The van der Waals surface area contributed by atoms with Crippen molar-refractivity contribution in [3.05, 3.63) is 60.7 Å². The number of benzene rings is 4. The van der Waals surface area contributed by atoms with Gasteiger partial charge in [0.2, 0.25) is 0 Å². The molecule has 0 saturated heterocycles. The molecule has 0 aliphatic heterocycles. The van der Waals surface area contributed by atoms with Gasteiger partial charge in [-0.05, 0) is 35.7 Å². The highest BCUT2D eigenvalue weighted by molar-refractivity contribution is 7.86. The summed E-state index contributed by atoms with van der Waals surface area (Å²) in [6.07, 6.45) is 0. The van der Waals surface area contributed by atoms with Crippen molar-refractivity contribution >= 4 is 65.8 Å². The Morgan fingerprint density at radius 2 is 1.41 bits per heavy atom. The van der Waals surface area contributed by atoms with Crippen LogP contribution in [0.5, 0.6) is 5.75 Å². The minimum absolute atomic E-state index is 0.0621. The van der Waals surface area contributed by atoms with Crippen molar-refractivity contribution in [3.8, 4) is 5.75 Å². The maximum absolute atomic E-state index is 11.9. The highest BCUT2D eigenvalue weighted by Crippen LogP contribution is 2.41. The first-order valence-electron chi connectivity index (χ1n) is 8.84. The van der Waals surface area contributed by atoms with Crippen molar-refractivity contribution in [3.63, 3.8) is 0 Å². The van der Waals surface area contributed by atoms with Crippen LogP contribution < -0.4 is 0 Å². The zero-order valence-corrected chi connectivity index (χ0v) is 18.4. The number of phenols is 1. The highest BCUT2D eigenvalue weighted by atomic mass is 32.2. The molecule has 9 nitrogen and oxygen atoms in total. The Kier molecular flexibility index (Phi) is 5.43. The number of thiol groups is 1. The highest BCUT2D eigenvalue weighted by Gasteiger charge is 2.21. The SMILES string of the molecule is O=S(=O)(O)c1ccc(N=Nc2c(O)ccc3cc(S)cc(S(=O)(=O)O)c23)c2ccccc12. The summed E-state index contributed by atoms with van der Waals surface area (Å²) in [5.74, 6) is -0.392. The Balaban J connectivity index is 1.99. The molecule has 0 unspecified atom stereocenters. The van der Waals surface area contributed by atoms with Crippen molar-refractivity contribution in [1.82, 2.24) is 0 Å². The van der Waals surface area contributed by atoms with Crippen LogP contribution >= 0.6 is 12.6 Å². The van der Waals surface area contributed by atoms with E-state index in [1.165, 1.54) is 30.3 Å². The normalized spacial score (nSPS) is 12.7. The third kappa shape index (κ3) is 4.06. The maximum Gasteiger partial charge on any atom is 0.295 e. The predicted molar refractivity (Wildman–Crippen MR) is 121 cm³/mol. The Hall–Kier alpha value is -3.03. The largest absolute Gasteiger partial charge is 0.506 e. The Morgan fingerprint density at radius 3 is 2.06 bits per heavy atom.